The van der Waals surface area contributed by atoms with Gasteiger partial charge < -0.3 is 15.0 Å². The minimum Gasteiger partial charge on any atom is -0.493 e. The Hall–Kier alpha value is -2.66. The van der Waals surface area contributed by atoms with Crippen LogP contribution in [0.15, 0.2) is 30.3 Å². The van der Waals surface area contributed by atoms with E-state index in [1.54, 1.807) is 18.4 Å². The van der Waals surface area contributed by atoms with Crippen molar-refractivity contribution in [1.82, 2.24) is 15.2 Å². The van der Waals surface area contributed by atoms with Crippen LogP contribution in [0.4, 0.5) is 10.8 Å². The third-order valence-electron chi connectivity index (χ3n) is 5.42. The number of nitro groups is 1. The van der Waals surface area contributed by atoms with Crippen molar-refractivity contribution in [2.75, 3.05) is 51.3 Å². The quantitative estimate of drug-likeness (QED) is 0.378. The van der Waals surface area contributed by atoms with Crippen LogP contribution >= 0.6 is 34.5 Å². The van der Waals surface area contributed by atoms with Gasteiger partial charge in [-0.3, -0.25) is 19.8 Å². The highest BCUT2D eigenvalue weighted by atomic mass is 35.5. The third kappa shape index (κ3) is 5.14. The number of piperazine rings is 1. The second kappa shape index (κ2) is 10.1. The zero-order chi connectivity index (χ0) is 23.5. The molecule has 1 N–H and O–H groups in total. The molecule has 0 radical (unpaired) electrons. The normalized spacial score (nSPS) is 14.5. The number of nitrogens with zero attached hydrogens (tertiary/aromatic N) is 4. The first-order chi connectivity index (χ1) is 15.9. The molecule has 1 aromatic heterocycles. The summed E-state index contributed by atoms with van der Waals surface area (Å²) >= 11 is 13.9. The standard InChI is InChI=1S/C21H21Cl2N5O4S/c1-32-19-16(23)4-5-17-18(19)25-21(33-17)27-10-8-26(9-11-27)7-6-24-20(29)14-12-13(28(30)31)2-3-15(14)22/h2-5,12H,6-11H2,1H3,(H,24,29). The van der Waals surface area contributed by atoms with E-state index >= 15 is 0 Å². The number of hydrogen-bond donors (Lipinski definition) is 1. The van der Waals surface area contributed by atoms with Crippen molar-refractivity contribution in [2.24, 2.45) is 0 Å². The number of anilines is 1. The van der Waals surface area contributed by atoms with Gasteiger partial charge in [0.15, 0.2) is 10.9 Å². The van der Waals surface area contributed by atoms with Gasteiger partial charge in [0.2, 0.25) is 0 Å². The second-order valence-corrected chi connectivity index (χ2v) is 9.25. The van der Waals surface area contributed by atoms with Crippen LogP contribution in [0.3, 0.4) is 0 Å². The summed E-state index contributed by atoms with van der Waals surface area (Å²) in [5, 5.41) is 15.4. The summed E-state index contributed by atoms with van der Waals surface area (Å²) in [6.45, 7) is 4.33. The Bertz CT molecular complexity index is 1200. The van der Waals surface area contributed by atoms with Crippen LogP contribution in [0.25, 0.3) is 10.2 Å². The van der Waals surface area contributed by atoms with Gasteiger partial charge in [-0.1, -0.05) is 34.5 Å². The number of nitro benzene ring substituents is 1. The number of aromatic nitrogens is 1. The lowest BCUT2D eigenvalue weighted by molar-refractivity contribution is -0.384. The molecule has 1 amide bonds. The fourth-order valence-corrected chi connectivity index (χ4v) is 5.10. The maximum atomic E-state index is 12.4. The molecule has 3 aromatic rings. The van der Waals surface area contributed by atoms with Gasteiger partial charge >= 0.3 is 0 Å². The second-order valence-electron chi connectivity index (χ2n) is 7.43. The Balaban J connectivity index is 1.30. The van der Waals surface area contributed by atoms with E-state index in [1.807, 2.05) is 12.1 Å². The fraction of sp³-hybridized carbons (Fsp3) is 0.333. The Morgan fingerprint density at radius 3 is 2.64 bits per heavy atom. The summed E-state index contributed by atoms with van der Waals surface area (Å²) in [4.78, 5) is 32.0. The van der Waals surface area contributed by atoms with Crippen molar-refractivity contribution in [1.29, 1.82) is 0 Å². The number of methoxy groups -OCH3 is 1. The maximum absolute atomic E-state index is 12.4. The lowest BCUT2D eigenvalue weighted by Gasteiger charge is -2.34. The molecule has 33 heavy (non-hydrogen) atoms. The molecule has 1 saturated heterocycles. The molecule has 0 bridgehead atoms. The number of rotatable bonds is 7. The summed E-state index contributed by atoms with van der Waals surface area (Å²) in [5.74, 6) is 0.166. The number of benzene rings is 2. The van der Waals surface area contributed by atoms with Crippen LogP contribution in [-0.4, -0.2) is 67.1 Å². The zero-order valence-electron chi connectivity index (χ0n) is 17.7. The van der Waals surface area contributed by atoms with E-state index < -0.39 is 10.8 Å². The summed E-state index contributed by atoms with van der Waals surface area (Å²) in [7, 11) is 1.59. The molecular weight excluding hydrogens is 489 g/mol. The maximum Gasteiger partial charge on any atom is 0.270 e. The lowest BCUT2D eigenvalue weighted by Crippen LogP contribution is -2.48. The molecule has 9 nitrogen and oxygen atoms in total. The van der Waals surface area contributed by atoms with Crippen molar-refractivity contribution in [3.8, 4) is 5.75 Å². The molecule has 0 aliphatic carbocycles. The van der Waals surface area contributed by atoms with Crippen LogP contribution in [0.2, 0.25) is 10.0 Å². The number of thiazole rings is 1. The van der Waals surface area contributed by atoms with Gasteiger partial charge in [0, 0.05) is 51.4 Å². The molecule has 1 fully saturated rings. The van der Waals surface area contributed by atoms with Gasteiger partial charge in [-0.25, -0.2) is 4.98 Å². The molecule has 174 valence electrons. The van der Waals surface area contributed by atoms with E-state index in [0.29, 0.717) is 23.9 Å². The van der Waals surface area contributed by atoms with Crippen LogP contribution in [0.5, 0.6) is 5.75 Å². The fourth-order valence-electron chi connectivity index (χ4n) is 3.65. The van der Waals surface area contributed by atoms with Gasteiger partial charge in [-0.2, -0.15) is 0 Å². The van der Waals surface area contributed by atoms with Gasteiger partial charge in [0.05, 0.1) is 32.3 Å². The number of carbonyl (C=O) groups excluding carboxylic acids is 1. The Morgan fingerprint density at radius 1 is 1.21 bits per heavy atom. The SMILES string of the molecule is COc1c(Cl)ccc2sc(N3CCN(CCNC(=O)c4cc([N+](=O)[O-])ccc4Cl)CC3)nc12. The number of hydrogen-bond acceptors (Lipinski definition) is 8. The number of non-ortho nitro benzene ring substituents is 1. The van der Waals surface area contributed by atoms with Crippen LogP contribution < -0.4 is 15.0 Å². The van der Waals surface area contributed by atoms with Crippen LogP contribution in [0.1, 0.15) is 10.4 Å². The minimum absolute atomic E-state index is 0.0991. The Labute approximate surface area is 204 Å². The van der Waals surface area contributed by atoms with E-state index in [9.17, 15) is 14.9 Å². The molecule has 2 aromatic carbocycles. The average molecular weight is 510 g/mol. The van der Waals surface area contributed by atoms with Gasteiger partial charge in [-0.05, 0) is 18.2 Å². The molecule has 0 atom stereocenters. The molecule has 4 rings (SSSR count). The number of halogens is 2. The lowest BCUT2D eigenvalue weighted by atomic mass is 10.2. The monoisotopic (exact) mass is 509 g/mol. The number of fused-ring (bicyclic) bond motifs is 1. The summed E-state index contributed by atoms with van der Waals surface area (Å²) in [5.41, 5.74) is 0.701. The molecule has 0 unspecified atom stereocenters. The van der Waals surface area contributed by atoms with E-state index in [-0.39, 0.29) is 16.3 Å². The molecule has 0 saturated carbocycles. The number of amides is 1. The summed E-state index contributed by atoms with van der Waals surface area (Å²) in [6.07, 6.45) is 0. The highest BCUT2D eigenvalue weighted by Gasteiger charge is 2.22. The molecule has 2 heterocycles. The van der Waals surface area contributed by atoms with E-state index in [4.69, 9.17) is 32.9 Å². The topological polar surface area (TPSA) is 101 Å². The summed E-state index contributed by atoms with van der Waals surface area (Å²) in [6, 6.07) is 7.59. The first kappa shape index (κ1) is 23.5. The van der Waals surface area contributed by atoms with Gasteiger partial charge in [0.1, 0.15) is 5.52 Å². The van der Waals surface area contributed by atoms with Gasteiger partial charge in [-0.15, -0.1) is 0 Å². The van der Waals surface area contributed by atoms with Crippen molar-refractivity contribution >= 4 is 61.5 Å². The van der Waals surface area contributed by atoms with Crippen LogP contribution in [0, 0.1) is 10.1 Å². The molecule has 1 aliphatic heterocycles. The number of nitrogens with one attached hydrogen (secondary N) is 1. The van der Waals surface area contributed by atoms with E-state index in [2.05, 4.69) is 15.1 Å². The molecular formula is C21H21Cl2N5O4S. The van der Waals surface area contributed by atoms with Crippen molar-refractivity contribution < 1.29 is 14.5 Å². The van der Waals surface area contributed by atoms with Gasteiger partial charge in [0.25, 0.3) is 11.6 Å². The smallest absolute Gasteiger partial charge is 0.270 e. The highest BCUT2D eigenvalue weighted by Crippen LogP contribution is 2.38. The highest BCUT2D eigenvalue weighted by molar-refractivity contribution is 7.22. The van der Waals surface area contributed by atoms with Crippen LogP contribution in [-0.2, 0) is 0 Å². The Morgan fingerprint density at radius 2 is 1.94 bits per heavy atom. The van der Waals surface area contributed by atoms with Crippen molar-refractivity contribution in [2.45, 2.75) is 0 Å². The van der Waals surface area contributed by atoms with E-state index in [0.717, 1.165) is 41.5 Å². The average Bonchev–Trinajstić information content (AvgIpc) is 3.24. The summed E-state index contributed by atoms with van der Waals surface area (Å²) < 4.78 is 6.43. The first-order valence-electron chi connectivity index (χ1n) is 10.2. The largest absolute Gasteiger partial charge is 0.493 e. The molecule has 12 heteroatoms. The van der Waals surface area contributed by atoms with Crippen molar-refractivity contribution in [3.63, 3.8) is 0 Å². The molecule has 1 aliphatic rings. The van der Waals surface area contributed by atoms with E-state index in [1.165, 1.54) is 18.2 Å². The predicted octanol–water partition coefficient (Wildman–Crippen LogP) is 4.07. The first-order valence-corrected chi connectivity index (χ1v) is 11.8. The Kier molecular flexibility index (Phi) is 7.18. The minimum atomic E-state index is -0.553. The number of carbonyl (C=O) groups is 1. The molecule has 0 spiro atoms. The zero-order valence-corrected chi connectivity index (χ0v) is 20.0. The van der Waals surface area contributed by atoms with Crippen molar-refractivity contribution in [3.05, 3.63) is 56.1 Å². The third-order valence-corrected chi connectivity index (χ3v) is 7.13. The number of ether oxygens (including phenoxy) is 1. The predicted molar refractivity (Wildman–Crippen MR) is 130 cm³/mol.